The van der Waals surface area contributed by atoms with Crippen molar-refractivity contribution < 1.29 is 18.0 Å². The largest absolute Gasteiger partial charge is 0.366 e. The first-order chi connectivity index (χ1) is 16.4. The van der Waals surface area contributed by atoms with Gasteiger partial charge in [0.15, 0.2) is 0 Å². The first-order valence-electron chi connectivity index (χ1n) is 11.3. The molecule has 0 saturated carbocycles. The Morgan fingerprint density at radius 1 is 0.824 bits per heavy atom. The Hall–Kier alpha value is -3.65. The summed E-state index contributed by atoms with van der Waals surface area (Å²) < 4.78 is 28.6. The summed E-state index contributed by atoms with van der Waals surface area (Å²) in [5.74, 6) is -0.834. The van der Waals surface area contributed by atoms with E-state index in [0.29, 0.717) is 42.9 Å². The Kier molecular flexibility index (Phi) is 5.61. The van der Waals surface area contributed by atoms with Gasteiger partial charge in [-0.05, 0) is 73.2 Å². The number of nitrogens with zero attached hydrogens (tertiary/aromatic N) is 2. The Morgan fingerprint density at radius 3 is 2.38 bits per heavy atom. The number of sulfonamides is 1. The molecule has 0 unspecified atom stereocenters. The molecule has 0 radical (unpaired) electrons. The fraction of sp³-hybridized carbons (Fsp3) is 0.231. The molecule has 0 saturated heterocycles. The minimum absolute atomic E-state index is 0.0816. The molecule has 2 heterocycles. The molecule has 0 aliphatic carbocycles. The second-order valence-electron chi connectivity index (χ2n) is 8.57. The van der Waals surface area contributed by atoms with E-state index in [0.717, 1.165) is 24.0 Å². The summed E-state index contributed by atoms with van der Waals surface area (Å²) in [6.07, 6.45) is 2.91. The van der Waals surface area contributed by atoms with E-state index in [1.165, 1.54) is 16.4 Å². The monoisotopic (exact) mass is 475 g/mol. The summed E-state index contributed by atoms with van der Waals surface area (Å²) in [5.41, 5.74) is 9.31. The quantitative estimate of drug-likeness (QED) is 0.624. The third kappa shape index (κ3) is 3.74. The maximum absolute atomic E-state index is 13.6. The minimum Gasteiger partial charge on any atom is -0.366 e. The van der Waals surface area contributed by atoms with E-state index >= 15 is 0 Å². The van der Waals surface area contributed by atoms with Crippen molar-refractivity contribution >= 4 is 33.2 Å². The lowest BCUT2D eigenvalue weighted by Gasteiger charge is -2.31. The van der Waals surface area contributed by atoms with Crippen molar-refractivity contribution in [1.82, 2.24) is 0 Å². The average molecular weight is 476 g/mol. The van der Waals surface area contributed by atoms with E-state index in [9.17, 15) is 18.0 Å². The number of carbonyl (C=O) groups excluding carboxylic acids is 2. The summed E-state index contributed by atoms with van der Waals surface area (Å²) in [4.78, 5) is 27.0. The highest BCUT2D eigenvalue weighted by atomic mass is 32.2. The minimum atomic E-state index is -3.84. The molecular weight excluding hydrogens is 450 g/mol. The lowest BCUT2D eigenvalue weighted by molar-refractivity contribution is 0.0977. The first kappa shape index (κ1) is 22.2. The molecule has 2 aliphatic rings. The topological polar surface area (TPSA) is 101 Å². The van der Waals surface area contributed by atoms with E-state index in [-0.39, 0.29) is 16.4 Å². The van der Waals surface area contributed by atoms with Crippen LogP contribution in [0.3, 0.4) is 0 Å². The van der Waals surface area contributed by atoms with Crippen LogP contribution in [0.15, 0.2) is 71.6 Å². The first-order valence-corrected chi connectivity index (χ1v) is 12.8. The summed E-state index contributed by atoms with van der Waals surface area (Å²) in [6, 6.07) is 18.9. The second kappa shape index (κ2) is 8.61. The predicted molar refractivity (Wildman–Crippen MR) is 131 cm³/mol. The van der Waals surface area contributed by atoms with Gasteiger partial charge in [0.1, 0.15) is 0 Å². The van der Waals surface area contributed by atoms with Gasteiger partial charge in [-0.1, -0.05) is 30.3 Å². The normalized spacial score (nSPS) is 15.4. The maximum Gasteiger partial charge on any atom is 0.264 e. The van der Waals surface area contributed by atoms with Crippen LogP contribution in [-0.2, 0) is 22.9 Å². The van der Waals surface area contributed by atoms with E-state index < -0.39 is 15.9 Å². The van der Waals surface area contributed by atoms with Gasteiger partial charge in [0, 0.05) is 29.9 Å². The molecule has 2 amide bonds. The van der Waals surface area contributed by atoms with Gasteiger partial charge in [-0.15, -0.1) is 0 Å². The number of rotatable bonds is 4. The molecule has 2 aliphatic heterocycles. The zero-order valence-electron chi connectivity index (χ0n) is 18.6. The van der Waals surface area contributed by atoms with Crippen molar-refractivity contribution in [1.29, 1.82) is 0 Å². The number of carbonyl (C=O) groups is 2. The number of aryl methyl sites for hydroxylation is 1. The van der Waals surface area contributed by atoms with Crippen LogP contribution in [0.4, 0.5) is 11.4 Å². The Bertz CT molecular complexity index is 1400. The number of amides is 2. The number of fused-ring (bicyclic) bond motifs is 2. The van der Waals surface area contributed by atoms with Gasteiger partial charge < -0.3 is 10.6 Å². The summed E-state index contributed by atoms with van der Waals surface area (Å²) in [7, 11) is -3.84. The number of benzene rings is 3. The van der Waals surface area contributed by atoms with Gasteiger partial charge in [0.05, 0.1) is 10.6 Å². The number of hydrogen-bond donors (Lipinski definition) is 1. The molecule has 0 bridgehead atoms. The van der Waals surface area contributed by atoms with Crippen LogP contribution in [0.25, 0.3) is 0 Å². The van der Waals surface area contributed by atoms with Gasteiger partial charge >= 0.3 is 0 Å². The van der Waals surface area contributed by atoms with Gasteiger partial charge in [-0.25, -0.2) is 8.42 Å². The lowest BCUT2D eigenvalue weighted by Crippen LogP contribution is -2.37. The summed E-state index contributed by atoms with van der Waals surface area (Å²) >= 11 is 0. The molecule has 0 spiro atoms. The summed E-state index contributed by atoms with van der Waals surface area (Å²) in [5, 5.41) is 0. The second-order valence-corrected chi connectivity index (χ2v) is 10.4. The third-order valence-corrected chi connectivity index (χ3v) is 8.31. The number of hydrogen-bond acceptors (Lipinski definition) is 4. The highest BCUT2D eigenvalue weighted by Gasteiger charge is 2.31. The van der Waals surface area contributed by atoms with Gasteiger partial charge in [-0.2, -0.15) is 0 Å². The van der Waals surface area contributed by atoms with E-state index in [1.54, 1.807) is 35.2 Å². The van der Waals surface area contributed by atoms with Crippen molar-refractivity contribution in [3.63, 3.8) is 0 Å². The molecule has 0 fully saturated rings. The van der Waals surface area contributed by atoms with Crippen LogP contribution in [0, 0.1) is 0 Å². The molecule has 7 nitrogen and oxygen atoms in total. The zero-order valence-corrected chi connectivity index (χ0v) is 19.4. The molecule has 3 aromatic rings. The van der Waals surface area contributed by atoms with Crippen LogP contribution < -0.4 is 14.9 Å². The van der Waals surface area contributed by atoms with Crippen molar-refractivity contribution in [3.05, 3.63) is 89.0 Å². The fourth-order valence-corrected chi connectivity index (χ4v) is 6.48. The van der Waals surface area contributed by atoms with E-state index in [1.807, 2.05) is 24.3 Å². The van der Waals surface area contributed by atoms with Gasteiger partial charge in [-0.3, -0.25) is 13.9 Å². The van der Waals surface area contributed by atoms with Crippen LogP contribution in [0.1, 0.15) is 44.7 Å². The maximum atomic E-state index is 13.6. The fourth-order valence-electron chi connectivity index (χ4n) is 4.89. The highest BCUT2D eigenvalue weighted by Crippen LogP contribution is 2.33. The van der Waals surface area contributed by atoms with Crippen LogP contribution in [0.2, 0.25) is 0 Å². The van der Waals surface area contributed by atoms with E-state index in [4.69, 9.17) is 5.73 Å². The Morgan fingerprint density at radius 2 is 1.56 bits per heavy atom. The third-order valence-electron chi connectivity index (χ3n) is 6.50. The van der Waals surface area contributed by atoms with Crippen LogP contribution >= 0.6 is 0 Å². The van der Waals surface area contributed by atoms with Crippen molar-refractivity contribution in [3.8, 4) is 0 Å². The van der Waals surface area contributed by atoms with Crippen LogP contribution in [0.5, 0.6) is 0 Å². The molecular formula is C26H25N3O4S. The van der Waals surface area contributed by atoms with Crippen molar-refractivity contribution in [2.75, 3.05) is 22.3 Å². The average Bonchev–Trinajstić information content (AvgIpc) is 2.87. The van der Waals surface area contributed by atoms with Crippen LogP contribution in [-0.4, -0.2) is 33.3 Å². The zero-order chi connectivity index (χ0) is 23.9. The number of nitrogens with two attached hydrogens (primary N) is 1. The number of anilines is 2. The molecule has 0 atom stereocenters. The molecule has 0 aromatic heterocycles. The number of primary amides is 1. The van der Waals surface area contributed by atoms with Crippen molar-refractivity contribution in [2.45, 2.75) is 30.6 Å². The lowest BCUT2D eigenvalue weighted by atomic mass is 9.95. The molecule has 174 valence electrons. The van der Waals surface area contributed by atoms with Gasteiger partial charge in [0.2, 0.25) is 5.91 Å². The Balaban J connectivity index is 1.50. The van der Waals surface area contributed by atoms with Crippen molar-refractivity contribution in [2.24, 2.45) is 5.73 Å². The Labute approximate surface area is 198 Å². The molecule has 8 heteroatoms. The highest BCUT2D eigenvalue weighted by molar-refractivity contribution is 7.92. The smallest absolute Gasteiger partial charge is 0.264 e. The molecule has 3 aromatic carbocycles. The standard InChI is InChI=1S/C26H25N3O4S/c27-25(30)22-11-4-14-24-21(22)12-6-15-28(24)26(31)19-8-3-10-20(17-19)34(32,33)29-16-5-9-18-7-1-2-13-23(18)29/h1-4,7-8,10-11,13-14,17H,5-6,9,12,15-16H2,(H2,27,30). The number of para-hydroxylation sites is 1. The molecule has 5 rings (SSSR count). The molecule has 34 heavy (non-hydrogen) atoms. The van der Waals surface area contributed by atoms with E-state index in [2.05, 4.69) is 0 Å². The predicted octanol–water partition coefficient (Wildman–Crippen LogP) is 3.52. The van der Waals surface area contributed by atoms with Gasteiger partial charge in [0.25, 0.3) is 15.9 Å². The SMILES string of the molecule is NC(=O)c1cccc2c1CCCN2C(=O)c1cccc(S(=O)(=O)N2CCCc3ccccc32)c1. The molecule has 2 N–H and O–H groups in total. The summed E-state index contributed by atoms with van der Waals surface area (Å²) in [6.45, 7) is 0.872.